The van der Waals surface area contributed by atoms with Crippen molar-refractivity contribution in [1.82, 2.24) is 4.90 Å². The van der Waals surface area contributed by atoms with E-state index in [1.807, 2.05) is 31.1 Å². The Balaban J connectivity index is 1.70. The molecule has 0 spiro atoms. The number of fused-ring (bicyclic) bond motifs is 2. The maximum Gasteiger partial charge on any atom is 0.508 e. The maximum absolute atomic E-state index is 12.6. The van der Waals surface area contributed by atoms with Crippen molar-refractivity contribution in [3.05, 3.63) is 29.3 Å². The number of rotatable bonds is 14. The fourth-order valence-electron chi connectivity index (χ4n) is 6.08. The van der Waals surface area contributed by atoms with Crippen molar-refractivity contribution in [2.45, 2.75) is 77.7 Å². The van der Waals surface area contributed by atoms with Crippen molar-refractivity contribution < 1.29 is 28.5 Å². The number of likely N-dealkylation sites (N-methyl/N-ethyl adjacent to an activating group) is 1. The van der Waals surface area contributed by atoms with Crippen LogP contribution in [0, 0.1) is 23.7 Å². The van der Waals surface area contributed by atoms with Crippen LogP contribution in [0.2, 0.25) is 0 Å². The summed E-state index contributed by atoms with van der Waals surface area (Å²) >= 11 is 0. The summed E-state index contributed by atoms with van der Waals surface area (Å²) in [5.41, 5.74) is 2.45. The smallest absolute Gasteiger partial charge is 0.482 e. The molecule has 1 fully saturated rings. The minimum atomic E-state index is -0.550. The number of unbranched alkanes of at least 4 members (excludes halogenated alkanes) is 2. The van der Waals surface area contributed by atoms with Gasteiger partial charge in [-0.1, -0.05) is 58.1 Å². The molecule has 0 N–H and O–H groups in total. The monoisotopic (exact) mass is 517 g/mol. The number of carbonyl (C=O) groups excluding carboxylic acids is 2. The van der Waals surface area contributed by atoms with Crippen LogP contribution in [-0.2, 0) is 31.8 Å². The molecule has 0 saturated heterocycles. The van der Waals surface area contributed by atoms with Gasteiger partial charge in [0.2, 0.25) is 0 Å². The molecule has 37 heavy (non-hydrogen) atoms. The number of carbonyl (C=O) groups is 2. The summed E-state index contributed by atoms with van der Waals surface area (Å²) in [5.74, 6) is 2.25. The second-order valence-electron chi connectivity index (χ2n) is 11.2. The number of nitrogens with zero attached hydrogens (tertiary/aromatic N) is 1. The zero-order valence-corrected chi connectivity index (χ0v) is 23.5. The van der Waals surface area contributed by atoms with E-state index in [-0.39, 0.29) is 18.7 Å². The first kappa shape index (κ1) is 29.3. The maximum atomic E-state index is 12.6. The third kappa shape index (κ3) is 8.62. The van der Waals surface area contributed by atoms with Gasteiger partial charge in [-0.3, -0.25) is 0 Å². The van der Waals surface area contributed by atoms with E-state index in [0.29, 0.717) is 36.8 Å². The van der Waals surface area contributed by atoms with Crippen molar-refractivity contribution in [1.29, 1.82) is 0 Å². The molecule has 208 valence electrons. The Morgan fingerprint density at radius 1 is 1.14 bits per heavy atom. The fourth-order valence-corrected chi connectivity index (χ4v) is 6.08. The molecule has 0 unspecified atom stereocenters. The second kappa shape index (κ2) is 14.6. The number of hydrogen-bond donors (Lipinski definition) is 0. The second-order valence-corrected chi connectivity index (χ2v) is 11.2. The lowest BCUT2D eigenvalue weighted by atomic mass is 9.73. The molecule has 7 nitrogen and oxygen atoms in total. The van der Waals surface area contributed by atoms with Gasteiger partial charge in [-0.25, -0.2) is 9.59 Å². The molecule has 2 aliphatic carbocycles. The third-order valence-electron chi connectivity index (χ3n) is 8.19. The van der Waals surface area contributed by atoms with E-state index in [1.54, 1.807) is 0 Å². The lowest BCUT2D eigenvalue weighted by Crippen LogP contribution is -2.30. The minimum absolute atomic E-state index is 0.0931. The zero-order valence-electron chi connectivity index (χ0n) is 23.5. The Morgan fingerprint density at radius 2 is 1.95 bits per heavy atom. The van der Waals surface area contributed by atoms with Crippen LogP contribution in [0.15, 0.2) is 18.2 Å². The molecule has 1 aromatic rings. The van der Waals surface area contributed by atoms with Crippen LogP contribution in [0.5, 0.6) is 5.75 Å². The van der Waals surface area contributed by atoms with Gasteiger partial charge in [-0.05, 0) is 80.6 Å². The van der Waals surface area contributed by atoms with Crippen LogP contribution in [0.3, 0.4) is 0 Å². The van der Waals surface area contributed by atoms with Gasteiger partial charge in [0.25, 0.3) is 0 Å². The number of methoxy groups -OCH3 is 1. The summed E-state index contributed by atoms with van der Waals surface area (Å²) in [7, 11) is 5.27. The molecule has 0 bridgehead atoms. The van der Waals surface area contributed by atoms with E-state index in [1.165, 1.54) is 43.9 Å². The summed E-state index contributed by atoms with van der Waals surface area (Å²) in [6.07, 6.45) is 9.29. The number of hydrogen-bond acceptors (Lipinski definition) is 7. The van der Waals surface area contributed by atoms with E-state index < -0.39 is 6.16 Å². The Bertz CT molecular complexity index is 872. The molecular formula is C30H47NO6. The van der Waals surface area contributed by atoms with E-state index in [4.69, 9.17) is 18.9 Å². The number of benzene rings is 1. The lowest BCUT2D eigenvalue weighted by molar-refractivity contribution is -0.142. The van der Waals surface area contributed by atoms with Gasteiger partial charge < -0.3 is 23.8 Å². The molecule has 0 radical (unpaired) electrons. The Morgan fingerprint density at radius 3 is 2.68 bits per heavy atom. The molecule has 0 heterocycles. The summed E-state index contributed by atoms with van der Waals surface area (Å²) in [6.45, 7) is 5.51. The standard InChI is InChI=1S/C30H47NO6/c1-6-7-8-10-21(2)13-14-24-25-17-22-11-9-12-27(36-20-29(32)34-5)26(22)18-23(25)19-28(24)37-30(33)35-16-15-31(3)4/h9,11-12,21,23-25,28H,6-8,10,13-20H2,1-5H3/t21-,23-,24+,25-,28+/m0/s1. The molecule has 0 aromatic heterocycles. The van der Waals surface area contributed by atoms with Gasteiger partial charge in [0.15, 0.2) is 6.61 Å². The Hall–Kier alpha value is -2.28. The average molecular weight is 518 g/mol. The van der Waals surface area contributed by atoms with Crippen molar-refractivity contribution >= 4 is 12.1 Å². The highest BCUT2D eigenvalue weighted by Crippen LogP contribution is 2.49. The molecule has 1 saturated carbocycles. The Labute approximate surface area is 223 Å². The van der Waals surface area contributed by atoms with Crippen LogP contribution < -0.4 is 4.74 Å². The largest absolute Gasteiger partial charge is 0.508 e. The van der Waals surface area contributed by atoms with E-state index in [0.717, 1.165) is 37.9 Å². The van der Waals surface area contributed by atoms with Crippen molar-refractivity contribution in [3.63, 3.8) is 0 Å². The third-order valence-corrected chi connectivity index (χ3v) is 8.19. The van der Waals surface area contributed by atoms with Crippen LogP contribution in [0.25, 0.3) is 0 Å². The van der Waals surface area contributed by atoms with E-state index >= 15 is 0 Å². The minimum Gasteiger partial charge on any atom is -0.482 e. The lowest BCUT2D eigenvalue weighted by Gasteiger charge is -2.32. The first-order valence-electron chi connectivity index (χ1n) is 14.1. The Kier molecular flexibility index (Phi) is 11.6. The summed E-state index contributed by atoms with van der Waals surface area (Å²) < 4.78 is 21.9. The zero-order chi connectivity index (χ0) is 26.8. The van der Waals surface area contributed by atoms with Crippen LogP contribution in [0.1, 0.15) is 69.9 Å². The molecule has 3 rings (SSSR count). The molecule has 7 heteroatoms. The van der Waals surface area contributed by atoms with Gasteiger partial charge in [-0.15, -0.1) is 0 Å². The summed E-state index contributed by atoms with van der Waals surface area (Å²) in [4.78, 5) is 26.2. The van der Waals surface area contributed by atoms with E-state index in [2.05, 4.69) is 19.9 Å². The molecular weight excluding hydrogens is 470 g/mol. The molecule has 0 aliphatic heterocycles. The van der Waals surface area contributed by atoms with Crippen LogP contribution in [-0.4, -0.2) is 64.1 Å². The van der Waals surface area contributed by atoms with E-state index in [9.17, 15) is 9.59 Å². The highest BCUT2D eigenvalue weighted by atomic mass is 16.7. The topological polar surface area (TPSA) is 74.3 Å². The van der Waals surface area contributed by atoms with Crippen LogP contribution in [0.4, 0.5) is 4.79 Å². The number of ether oxygens (including phenoxy) is 4. The predicted octanol–water partition coefficient (Wildman–Crippen LogP) is 5.67. The first-order chi connectivity index (χ1) is 17.8. The molecule has 0 amide bonds. The first-order valence-corrected chi connectivity index (χ1v) is 14.1. The van der Waals surface area contributed by atoms with Crippen LogP contribution >= 0.6 is 0 Å². The normalized spacial score (nSPS) is 23.2. The van der Waals surface area contributed by atoms with Gasteiger partial charge in [0.1, 0.15) is 18.5 Å². The molecule has 2 aliphatic rings. The van der Waals surface area contributed by atoms with Gasteiger partial charge in [0.05, 0.1) is 7.11 Å². The molecule has 5 atom stereocenters. The van der Waals surface area contributed by atoms with Gasteiger partial charge in [0, 0.05) is 6.54 Å². The van der Waals surface area contributed by atoms with Crippen molar-refractivity contribution in [3.8, 4) is 5.75 Å². The highest BCUT2D eigenvalue weighted by Gasteiger charge is 2.47. The van der Waals surface area contributed by atoms with Crippen molar-refractivity contribution in [2.24, 2.45) is 23.7 Å². The predicted molar refractivity (Wildman–Crippen MR) is 144 cm³/mol. The highest BCUT2D eigenvalue weighted by molar-refractivity contribution is 5.71. The van der Waals surface area contributed by atoms with Gasteiger partial charge in [-0.2, -0.15) is 0 Å². The molecule has 1 aromatic carbocycles. The number of esters is 1. The SMILES string of the molecule is CCCCC[C@H](C)CC[C@@H]1[C@H]2Cc3cccc(OCC(=O)OC)c3C[C@H]2C[C@H]1OC(=O)OCCN(C)C. The van der Waals surface area contributed by atoms with Crippen molar-refractivity contribution in [2.75, 3.05) is 41.0 Å². The quantitative estimate of drug-likeness (QED) is 0.232. The fraction of sp³-hybridized carbons (Fsp3) is 0.733. The summed E-state index contributed by atoms with van der Waals surface area (Å²) in [5, 5.41) is 0. The average Bonchev–Trinajstić information content (AvgIpc) is 3.19. The van der Waals surface area contributed by atoms with Gasteiger partial charge >= 0.3 is 12.1 Å². The summed E-state index contributed by atoms with van der Waals surface area (Å²) in [6, 6.07) is 6.11.